The third-order valence-corrected chi connectivity index (χ3v) is 4.51. The molecular weight excluding hydrogens is 302 g/mol. The third-order valence-electron chi connectivity index (χ3n) is 4.24. The van der Waals surface area contributed by atoms with E-state index in [1.807, 2.05) is 36.4 Å². The minimum atomic E-state index is -0.0336. The highest BCUT2D eigenvalue weighted by molar-refractivity contribution is 7.80. The molecule has 0 bridgehead atoms. The standard InChI is InChI=1S/C19H23N3S/c1-15-14-19(2,3)22(21(15)17-12-8-5-9-13-17)18(23)20-16-10-6-4-7-11-16/h4-13,15H,14H2,1-3H3,(H,20,23)/t15-/m1/s1. The van der Waals surface area contributed by atoms with E-state index in [2.05, 4.69) is 60.4 Å². The monoisotopic (exact) mass is 325 g/mol. The van der Waals surface area contributed by atoms with Crippen molar-refractivity contribution in [3.63, 3.8) is 0 Å². The Morgan fingerprint density at radius 1 is 1.04 bits per heavy atom. The highest BCUT2D eigenvalue weighted by Crippen LogP contribution is 2.37. The van der Waals surface area contributed by atoms with Gasteiger partial charge in [-0.05, 0) is 63.7 Å². The van der Waals surface area contributed by atoms with E-state index in [0.717, 1.165) is 17.2 Å². The van der Waals surface area contributed by atoms with Gasteiger partial charge in [-0.25, -0.2) is 0 Å². The SMILES string of the molecule is C[C@@H]1CC(C)(C)N(C(=S)Nc2ccccc2)N1c1ccccc1. The number of hydrogen-bond acceptors (Lipinski definition) is 2. The zero-order chi connectivity index (χ0) is 16.4. The van der Waals surface area contributed by atoms with Crippen molar-refractivity contribution in [2.45, 2.75) is 38.8 Å². The van der Waals surface area contributed by atoms with Crippen LogP contribution < -0.4 is 10.3 Å². The maximum Gasteiger partial charge on any atom is 0.193 e. The molecule has 2 aromatic carbocycles. The van der Waals surface area contributed by atoms with Crippen molar-refractivity contribution in [3.8, 4) is 0 Å². The number of rotatable bonds is 2. The van der Waals surface area contributed by atoms with Crippen LogP contribution in [0, 0.1) is 0 Å². The van der Waals surface area contributed by atoms with E-state index in [9.17, 15) is 0 Å². The highest BCUT2D eigenvalue weighted by Gasteiger charge is 2.44. The van der Waals surface area contributed by atoms with E-state index in [0.29, 0.717) is 6.04 Å². The van der Waals surface area contributed by atoms with Crippen LogP contribution in [0.2, 0.25) is 0 Å². The summed E-state index contributed by atoms with van der Waals surface area (Å²) in [6, 6.07) is 20.9. The lowest BCUT2D eigenvalue weighted by molar-refractivity contribution is 0.268. The fourth-order valence-corrected chi connectivity index (χ4v) is 3.86. The van der Waals surface area contributed by atoms with Crippen LogP contribution in [-0.4, -0.2) is 21.7 Å². The van der Waals surface area contributed by atoms with E-state index in [1.165, 1.54) is 5.69 Å². The number of benzene rings is 2. The smallest absolute Gasteiger partial charge is 0.193 e. The topological polar surface area (TPSA) is 18.5 Å². The summed E-state index contributed by atoms with van der Waals surface area (Å²) < 4.78 is 0. The molecule has 1 fully saturated rings. The van der Waals surface area contributed by atoms with Crippen molar-refractivity contribution >= 4 is 28.7 Å². The second-order valence-corrected chi connectivity index (χ2v) is 7.04. The number of nitrogens with zero attached hydrogens (tertiary/aromatic N) is 2. The second kappa shape index (κ2) is 6.20. The fourth-order valence-electron chi connectivity index (χ4n) is 3.41. The van der Waals surface area contributed by atoms with Crippen molar-refractivity contribution in [2.24, 2.45) is 0 Å². The average molecular weight is 325 g/mol. The minimum Gasteiger partial charge on any atom is -0.331 e. The average Bonchev–Trinajstić information content (AvgIpc) is 2.78. The third kappa shape index (κ3) is 3.17. The van der Waals surface area contributed by atoms with Crippen LogP contribution in [0.3, 0.4) is 0 Å². The van der Waals surface area contributed by atoms with E-state index >= 15 is 0 Å². The van der Waals surface area contributed by atoms with Crippen LogP contribution >= 0.6 is 12.2 Å². The first-order chi connectivity index (χ1) is 11.0. The van der Waals surface area contributed by atoms with Gasteiger partial charge in [0.25, 0.3) is 0 Å². The van der Waals surface area contributed by atoms with Gasteiger partial charge in [-0.3, -0.25) is 10.0 Å². The van der Waals surface area contributed by atoms with Crippen LogP contribution in [0.25, 0.3) is 0 Å². The maximum atomic E-state index is 5.75. The summed E-state index contributed by atoms with van der Waals surface area (Å²) >= 11 is 5.75. The van der Waals surface area contributed by atoms with Crippen LogP contribution in [0.4, 0.5) is 11.4 Å². The first-order valence-electron chi connectivity index (χ1n) is 7.99. The predicted octanol–water partition coefficient (Wildman–Crippen LogP) is 4.68. The summed E-state index contributed by atoms with van der Waals surface area (Å²) in [5.74, 6) is 0. The lowest BCUT2D eigenvalue weighted by Crippen LogP contribution is -2.53. The number of thiocarbonyl (C=S) groups is 1. The molecule has 0 amide bonds. The summed E-state index contributed by atoms with van der Waals surface area (Å²) in [4.78, 5) is 0. The van der Waals surface area contributed by atoms with Gasteiger partial charge in [0.15, 0.2) is 5.11 Å². The molecule has 23 heavy (non-hydrogen) atoms. The Kier molecular flexibility index (Phi) is 4.26. The predicted molar refractivity (Wildman–Crippen MR) is 102 cm³/mol. The molecule has 4 heteroatoms. The molecule has 0 radical (unpaired) electrons. The van der Waals surface area contributed by atoms with Crippen LogP contribution in [-0.2, 0) is 0 Å². The molecule has 1 aliphatic rings. The molecule has 1 N–H and O–H groups in total. The number of para-hydroxylation sites is 2. The molecule has 3 rings (SSSR count). The maximum absolute atomic E-state index is 5.75. The summed E-state index contributed by atoms with van der Waals surface area (Å²) in [5.41, 5.74) is 2.15. The number of hydrogen-bond donors (Lipinski definition) is 1. The highest BCUT2D eigenvalue weighted by atomic mass is 32.1. The molecule has 0 unspecified atom stereocenters. The van der Waals surface area contributed by atoms with E-state index in [4.69, 9.17) is 12.2 Å². The first-order valence-corrected chi connectivity index (χ1v) is 8.40. The summed E-state index contributed by atoms with van der Waals surface area (Å²) in [6.07, 6.45) is 1.05. The quantitative estimate of drug-likeness (QED) is 0.808. The van der Waals surface area contributed by atoms with Gasteiger partial charge in [0.2, 0.25) is 0 Å². The summed E-state index contributed by atoms with van der Waals surface area (Å²) in [6.45, 7) is 6.73. The molecule has 1 saturated heterocycles. The van der Waals surface area contributed by atoms with Gasteiger partial charge in [-0.15, -0.1) is 0 Å². The number of nitrogens with one attached hydrogen (secondary N) is 1. The van der Waals surface area contributed by atoms with Crippen molar-refractivity contribution in [1.82, 2.24) is 5.01 Å². The Bertz CT molecular complexity index is 670. The van der Waals surface area contributed by atoms with Crippen molar-refractivity contribution in [1.29, 1.82) is 0 Å². The molecule has 0 saturated carbocycles. The largest absolute Gasteiger partial charge is 0.331 e. The Morgan fingerprint density at radius 3 is 2.22 bits per heavy atom. The van der Waals surface area contributed by atoms with Crippen molar-refractivity contribution < 1.29 is 0 Å². The Balaban J connectivity index is 1.91. The fraction of sp³-hybridized carbons (Fsp3) is 0.316. The Morgan fingerprint density at radius 2 is 1.61 bits per heavy atom. The molecule has 3 nitrogen and oxygen atoms in total. The molecule has 0 aliphatic carbocycles. The Labute approximate surface area is 143 Å². The van der Waals surface area contributed by atoms with Crippen LogP contribution in [0.5, 0.6) is 0 Å². The van der Waals surface area contributed by atoms with E-state index in [1.54, 1.807) is 0 Å². The molecule has 0 spiro atoms. The molecule has 1 atom stereocenters. The first kappa shape index (κ1) is 15.8. The molecular formula is C19H23N3S. The zero-order valence-electron chi connectivity index (χ0n) is 13.9. The van der Waals surface area contributed by atoms with Gasteiger partial charge in [0.1, 0.15) is 0 Å². The number of hydrazine groups is 1. The van der Waals surface area contributed by atoms with Gasteiger partial charge in [-0.2, -0.15) is 0 Å². The second-order valence-electron chi connectivity index (χ2n) is 6.65. The van der Waals surface area contributed by atoms with Crippen LogP contribution in [0.15, 0.2) is 60.7 Å². The van der Waals surface area contributed by atoms with E-state index in [-0.39, 0.29) is 5.54 Å². The van der Waals surface area contributed by atoms with Gasteiger partial charge in [-0.1, -0.05) is 36.4 Å². The minimum absolute atomic E-state index is 0.0336. The van der Waals surface area contributed by atoms with Gasteiger partial charge >= 0.3 is 0 Å². The van der Waals surface area contributed by atoms with Gasteiger partial charge < -0.3 is 5.32 Å². The molecule has 1 heterocycles. The van der Waals surface area contributed by atoms with Crippen LogP contribution in [0.1, 0.15) is 27.2 Å². The molecule has 0 aromatic heterocycles. The lowest BCUT2D eigenvalue weighted by atomic mass is 9.99. The molecule has 1 aliphatic heterocycles. The molecule has 120 valence electrons. The van der Waals surface area contributed by atoms with Crippen molar-refractivity contribution in [2.75, 3.05) is 10.3 Å². The number of anilines is 2. The van der Waals surface area contributed by atoms with E-state index < -0.39 is 0 Å². The summed E-state index contributed by atoms with van der Waals surface area (Å²) in [5, 5.41) is 8.63. The normalized spacial score (nSPS) is 19.7. The van der Waals surface area contributed by atoms with Gasteiger partial charge in [0.05, 0.1) is 17.3 Å². The summed E-state index contributed by atoms with van der Waals surface area (Å²) in [7, 11) is 0. The van der Waals surface area contributed by atoms with Crippen molar-refractivity contribution in [3.05, 3.63) is 60.7 Å². The lowest BCUT2D eigenvalue weighted by Gasteiger charge is -2.40. The Hall–Kier alpha value is -2.07. The zero-order valence-corrected chi connectivity index (χ0v) is 14.7. The van der Waals surface area contributed by atoms with Gasteiger partial charge in [0, 0.05) is 5.69 Å². The molecule has 2 aromatic rings.